The van der Waals surface area contributed by atoms with Crippen molar-refractivity contribution in [3.8, 4) is 5.75 Å². The lowest BCUT2D eigenvalue weighted by Crippen LogP contribution is -2.48. The molecule has 0 fully saturated rings. The molecule has 0 atom stereocenters. The summed E-state index contributed by atoms with van der Waals surface area (Å²) in [4.78, 5) is 0.326. The molecule has 0 bridgehead atoms. The summed E-state index contributed by atoms with van der Waals surface area (Å²) in [6, 6.07) is 22.6. The van der Waals surface area contributed by atoms with E-state index in [2.05, 4.69) is 50.8 Å². The summed E-state index contributed by atoms with van der Waals surface area (Å²) in [5.41, 5.74) is 3.69. The van der Waals surface area contributed by atoms with E-state index in [1.165, 1.54) is 5.19 Å². The van der Waals surface area contributed by atoms with E-state index in [1.807, 2.05) is 83.2 Å². The van der Waals surface area contributed by atoms with E-state index >= 15 is 0 Å². The van der Waals surface area contributed by atoms with Gasteiger partial charge in [-0.1, -0.05) is 126 Å². The Labute approximate surface area is 254 Å². The van der Waals surface area contributed by atoms with Crippen LogP contribution in [0.15, 0.2) is 107 Å². The molecule has 0 saturated heterocycles. The first-order valence-corrected chi connectivity index (χ1v) is 17.6. The third kappa shape index (κ3) is 7.05. The number of fused-ring (bicyclic) bond motifs is 1. The zero-order chi connectivity index (χ0) is 30.6. The number of hydrogen-bond donors (Lipinski definition) is 0. The predicted molar refractivity (Wildman–Crippen MR) is 176 cm³/mol. The van der Waals surface area contributed by atoms with E-state index in [0.29, 0.717) is 17.2 Å². The van der Waals surface area contributed by atoms with Crippen LogP contribution in [0.25, 0.3) is 0 Å². The highest BCUT2D eigenvalue weighted by Gasteiger charge is 2.33. The van der Waals surface area contributed by atoms with E-state index < -0.39 is 18.9 Å². The Bertz CT molecular complexity index is 1570. The molecule has 6 heteroatoms. The molecule has 3 aromatic carbocycles. The van der Waals surface area contributed by atoms with Gasteiger partial charge in [-0.15, -0.1) is 0 Å². The largest absolute Gasteiger partial charge is 0.458 e. The van der Waals surface area contributed by atoms with Gasteiger partial charge in [0.05, 0.1) is 6.61 Å². The molecule has 4 nitrogen and oxygen atoms in total. The molecule has 42 heavy (non-hydrogen) atoms. The zero-order valence-electron chi connectivity index (χ0n) is 25.9. The molecule has 1 radical (unpaired) electrons. The first-order valence-electron chi connectivity index (χ1n) is 14.7. The molecule has 0 spiro atoms. The molecular formula is C36H43O4SSi. The van der Waals surface area contributed by atoms with Crippen LogP contribution in [0.3, 0.4) is 0 Å². The minimum absolute atomic E-state index is 0.0234. The first-order chi connectivity index (χ1) is 19.9. The van der Waals surface area contributed by atoms with Crippen LogP contribution < -0.4 is 15.1 Å². The third-order valence-corrected chi connectivity index (χ3v) is 11.9. The maximum Gasteiger partial charge on any atom is 0.297 e. The molecule has 3 aromatic rings. The van der Waals surface area contributed by atoms with Crippen molar-refractivity contribution in [2.75, 3.05) is 6.61 Å². The van der Waals surface area contributed by atoms with Crippen molar-refractivity contribution in [1.82, 2.24) is 0 Å². The number of rotatable bonds is 11. The molecule has 0 amide bonds. The van der Waals surface area contributed by atoms with E-state index in [-0.39, 0.29) is 18.4 Å². The maximum absolute atomic E-state index is 14.0. The van der Waals surface area contributed by atoms with Gasteiger partial charge in [0.1, 0.15) is 16.4 Å². The smallest absolute Gasteiger partial charge is 0.297 e. The summed E-state index contributed by atoms with van der Waals surface area (Å²) >= 11 is 0. The predicted octanol–water partition coefficient (Wildman–Crippen LogP) is 7.78. The van der Waals surface area contributed by atoms with Gasteiger partial charge in [-0.05, 0) is 70.3 Å². The van der Waals surface area contributed by atoms with Crippen molar-refractivity contribution in [1.29, 1.82) is 0 Å². The van der Waals surface area contributed by atoms with Gasteiger partial charge in [0.2, 0.25) is 0 Å². The average molecular weight is 600 g/mol. The van der Waals surface area contributed by atoms with Gasteiger partial charge in [-0.2, -0.15) is 8.42 Å². The molecule has 0 unspecified atom stereocenters. The fraction of sp³-hybridized carbons (Fsp3) is 0.333. The molecule has 0 N–H and O–H groups in total. The number of hydrogen-bond acceptors (Lipinski definition) is 4. The van der Waals surface area contributed by atoms with Crippen LogP contribution >= 0.6 is 0 Å². The summed E-state index contributed by atoms with van der Waals surface area (Å²) in [6.45, 7) is 18.4. The molecule has 1 aliphatic heterocycles. The van der Waals surface area contributed by atoms with Crippen LogP contribution in [-0.2, 0) is 14.3 Å². The summed E-state index contributed by atoms with van der Waals surface area (Å²) in [5, 5.41) is 3.43. The Balaban J connectivity index is 1.75. The van der Waals surface area contributed by atoms with Crippen molar-refractivity contribution in [3.63, 3.8) is 0 Å². The minimum atomic E-state index is -4.02. The van der Waals surface area contributed by atoms with Crippen molar-refractivity contribution in [3.05, 3.63) is 119 Å². The van der Waals surface area contributed by atoms with Crippen LogP contribution in [0, 0.1) is 0 Å². The van der Waals surface area contributed by atoms with Crippen LogP contribution in [0.4, 0.5) is 0 Å². The normalized spacial score (nSPS) is 14.2. The summed E-state index contributed by atoms with van der Waals surface area (Å²) in [7, 11) is -5.48. The Hall–Kier alpha value is -3.19. The number of para-hydroxylation sites is 1. The quantitative estimate of drug-likeness (QED) is 0.128. The van der Waals surface area contributed by atoms with Crippen molar-refractivity contribution in [2.45, 2.75) is 77.5 Å². The van der Waals surface area contributed by atoms with Crippen LogP contribution in [0.5, 0.6) is 5.75 Å². The Morgan fingerprint density at radius 1 is 0.905 bits per heavy atom. The summed E-state index contributed by atoms with van der Waals surface area (Å²) in [5.74, 6) is 1.94. The van der Waals surface area contributed by atoms with Gasteiger partial charge < -0.3 is 4.74 Å². The van der Waals surface area contributed by atoms with Gasteiger partial charge in [0.15, 0.2) is 8.80 Å². The first kappa shape index (κ1) is 31.7. The van der Waals surface area contributed by atoms with Gasteiger partial charge in [0, 0.05) is 0 Å². The second-order valence-electron chi connectivity index (χ2n) is 11.9. The zero-order valence-corrected chi connectivity index (χ0v) is 27.7. The van der Waals surface area contributed by atoms with E-state index in [4.69, 9.17) is 8.92 Å². The Morgan fingerprint density at radius 2 is 1.50 bits per heavy atom. The van der Waals surface area contributed by atoms with Gasteiger partial charge in [-0.3, -0.25) is 4.18 Å². The molecule has 0 aliphatic carbocycles. The lowest BCUT2D eigenvalue weighted by Gasteiger charge is -2.29. The molecule has 221 valence electrons. The molecule has 1 heterocycles. The maximum atomic E-state index is 14.0. The number of benzene rings is 3. The summed E-state index contributed by atoms with van der Waals surface area (Å²) < 4.78 is 40.3. The van der Waals surface area contributed by atoms with E-state index in [0.717, 1.165) is 44.2 Å². The van der Waals surface area contributed by atoms with Gasteiger partial charge in [-0.25, -0.2) is 0 Å². The van der Waals surface area contributed by atoms with Crippen LogP contribution in [0.1, 0.15) is 89.3 Å². The topological polar surface area (TPSA) is 52.6 Å². The Kier molecular flexibility index (Phi) is 10.1. The van der Waals surface area contributed by atoms with E-state index in [1.54, 1.807) is 0 Å². The fourth-order valence-electron chi connectivity index (χ4n) is 5.25. The fourth-order valence-corrected chi connectivity index (χ4v) is 9.73. The molecule has 0 aromatic heterocycles. The lowest BCUT2D eigenvalue weighted by atomic mass is 9.89. The van der Waals surface area contributed by atoms with Crippen LogP contribution in [-0.4, -0.2) is 23.8 Å². The average Bonchev–Trinajstić information content (AvgIpc) is 2.95. The highest BCUT2D eigenvalue weighted by atomic mass is 32.2. The number of ether oxygens (including phenoxy) is 1. The van der Waals surface area contributed by atoms with Crippen molar-refractivity contribution < 1.29 is 17.3 Å². The SMILES string of the molecule is C=C(C)/C=C\C1=C(CCOS(=O)(=O)c2c(C(C)C)cc(C(C)C)cc2C(C)C)[Si](c2ccccc2)c2ccccc2O1. The monoisotopic (exact) mass is 599 g/mol. The third-order valence-electron chi connectivity index (χ3n) is 7.48. The van der Waals surface area contributed by atoms with E-state index in [9.17, 15) is 8.42 Å². The standard InChI is InChI=1S/C36H43O4SSi/c1-24(2)18-19-33-35(42(29-14-10-9-11-15-29)34-17-13-12-16-32(34)40-33)20-21-39-41(37,38)36-30(26(5)6)22-28(25(3)4)23-31(36)27(7)8/h9-19,22-23,25-27H,1,20-21H2,2-8H3/b19-18-. The van der Waals surface area contributed by atoms with Gasteiger partial charge in [0.25, 0.3) is 10.1 Å². The highest BCUT2D eigenvalue weighted by Crippen LogP contribution is 2.36. The van der Waals surface area contributed by atoms with Crippen LogP contribution in [0.2, 0.25) is 0 Å². The Morgan fingerprint density at radius 3 is 2.07 bits per heavy atom. The van der Waals surface area contributed by atoms with Gasteiger partial charge >= 0.3 is 0 Å². The molecular weight excluding hydrogens is 557 g/mol. The second kappa shape index (κ2) is 13.4. The summed E-state index contributed by atoms with van der Waals surface area (Å²) in [6.07, 6.45) is 4.31. The molecule has 4 rings (SSSR count). The van der Waals surface area contributed by atoms with Crippen molar-refractivity contribution in [2.24, 2.45) is 0 Å². The lowest BCUT2D eigenvalue weighted by molar-refractivity contribution is 0.319. The minimum Gasteiger partial charge on any atom is -0.458 e. The molecule has 1 aliphatic rings. The number of allylic oxidation sites excluding steroid dienone is 3. The second-order valence-corrected chi connectivity index (χ2v) is 15.9. The van der Waals surface area contributed by atoms with Crippen molar-refractivity contribution >= 4 is 29.3 Å². The molecule has 0 saturated carbocycles. The highest BCUT2D eigenvalue weighted by molar-refractivity contribution is 7.86.